The van der Waals surface area contributed by atoms with Crippen LogP contribution in [-0.4, -0.2) is 12.7 Å². The molecular formula is C18H12FNO4. The summed E-state index contributed by atoms with van der Waals surface area (Å²) in [7, 11) is 0. The number of fused-ring (bicyclic) bond motifs is 1. The molecule has 0 aliphatic carbocycles. The predicted molar refractivity (Wildman–Crippen MR) is 84.6 cm³/mol. The van der Waals surface area contributed by atoms with Crippen LogP contribution in [0.2, 0.25) is 0 Å². The van der Waals surface area contributed by atoms with Crippen LogP contribution in [0, 0.1) is 5.82 Å². The largest absolute Gasteiger partial charge is 0.454 e. The molecule has 1 aliphatic heterocycles. The molecule has 1 aromatic heterocycles. The lowest BCUT2D eigenvalue weighted by Gasteiger charge is -2.04. The van der Waals surface area contributed by atoms with Gasteiger partial charge in [-0.1, -0.05) is 0 Å². The zero-order valence-corrected chi connectivity index (χ0v) is 12.4. The number of nitrogens with one attached hydrogen (secondary N) is 1. The molecule has 0 saturated heterocycles. The first kappa shape index (κ1) is 14.3. The summed E-state index contributed by atoms with van der Waals surface area (Å²) in [5.41, 5.74) is 1.27. The van der Waals surface area contributed by atoms with Gasteiger partial charge in [-0.2, -0.15) is 0 Å². The van der Waals surface area contributed by atoms with E-state index in [4.69, 9.17) is 13.9 Å². The average Bonchev–Trinajstić information content (AvgIpc) is 3.24. The van der Waals surface area contributed by atoms with Gasteiger partial charge in [-0.05, 0) is 48.5 Å². The molecule has 1 aliphatic rings. The van der Waals surface area contributed by atoms with Crippen LogP contribution in [0.25, 0.3) is 11.3 Å². The monoisotopic (exact) mass is 325 g/mol. The van der Waals surface area contributed by atoms with Gasteiger partial charge in [0.05, 0.1) is 0 Å². The fourth-order valence-electron chi connectivity index (χ4n) is 2.40. The summed E-state index contributed by atoms with van der Waals surface area (Å²) in [4.78, 5) is 12.3. The van der Waals surface area contributed by atoms with Crippen molar-refractivity contribution in [2.75, 3.05) is 12.1 Å². The molecule has 3 aromatic rings. The third-order valence-corrected chi connectivity index (χ3v) is 3.59. The van der Waals surface area contributed by atoms with Crippen LogP contribution in [-0.2, 0) is 0 Å². The van der Waals surface area contributed by atoms with Gasteiger partial charge >= 0.3 is 0 Å². The van der Waals surface area contributed by atoms with Gasteiger partial charge in [0.25, 0.3) is 5.91 Å². The number of rotatable bonds is 3. The molecule has 4 rings (SSSR count). The number of ether oxygens (including phenoxy) is 2. The maximum absolute atomic E-state index is 13.0. The quantitative estimate of drug-likeness (QED) is 0.788. The molecular weight excluding hydrogens is 313 g/mol. The zero-order chi connectivity index (χ0) is 16.5. The Bertz CT molecular complexity index is 902. The first-order chi connectivity index (χ1) is 11.7. The molecule has 0 spiro atoms. The Balaban J connectivity index is 1.52. The van der Waals surface area contributed by atoms with E-state index >= 15 is 0 Å². The van der Waals surface area contributed by atoms with Crippen LogP contribution in [0.15, 0.2) is 59.0 Å². The molecule has 2 aromatic carbocycles. The van der Waals surface area contributed by atoms with E-state index in [1.54, 1.807) is 42.5 Å². The second kappa shape index (κ2) is 5.73. The molecule has 0 bridgehead atoms. The Morgan fingerprint density at radius 3 is 2.58 bits per heavy atom. The number of benzene rings is 2. The highest BCUT2D eigenvalue weighted by Crippen LogP contribution is 2.34. The van der Waals surface area contributed by atoms with E-state index in [-0.39, 0.29) is 24.3 Å². The topological polar surface area (TPSA) is 60.7 Å². The van der Waals surface area contributed by atoms with E-state index in [0.29, 0.717) is 28.5 Å². The molecule has 24 heavy (non-hydrogen) atoms. The highest BCUT2D eigenvalue weighted by molar-refractivity contribution is 6.02. The average molecular weight is 325 g/mol. The first-order valence-electron chi connectivity index (χ1n) is 7.26. The standard InChI is InChI=1S/C18H12FNO4/c19-12-3-1-11(2-4-12)14-7-8-16(24-14)18(21)20-13-5-6-15-17(9-13)23-10-22-15/h1-9H,10H2,(H,20,21). The predicted octanol–water partition coefficient (Wildman–Crippen LogP) is 4.07. The van der Waals surface area contributed by atoms with Gasteiger partial charge in [0, 0.05) is 17.3 Å². The zero-order valence-electron chi connectivity index (χ0n) is 12.4. The maximum Gasteiger partial charge on any atom is 0.291 e. The molecule has 0 fully saturated rings. The fourth-order valence-corrected chi connectivity index (χ4v) is 2.40. The minimum Gasteiger partial charge on any atom is -0.454 e. The van der Waals surface area contributed by atoms with Gasteiger partial charge in [-0.25, -0.2) is 4.39 Å². The first-order valence-corrected chi connectivity index (χ1v) is 7.26. The van der Waals surface area contributed by atoms with Gasteiger partial charge in [-0.3, -0.25) is 4.79 Å². The lowest BCUT2D eigenvalue weighted by atomic mass is 10.2. The number of hydrogen-bond acceptors (Lipinski definition) is 4. The van der Waals surface area contributed by atoms with Crippen molar-refractivity contribution in [1.82, 2.24) is 0 Å². The normalized spacial score (nSPS) is 12.2. The van der Waals surface area contributed by atoms with Crippen LogP contribution in [0.3, 0.4) is 0 Å². The van der Waals surface area contributed by atoms with Crippen molar-refractivity contribution in [3.8, 4) is 22.8 Å². The Kier molecular flexibility index (Phi) is 3.42. The lowest BCUT2D eigenvalue weighted by molar-refractivity contribution is 0.0997. The Labute approximate surface area is 136 Å². The second-order valence-electron chi connectivity index (χ2n) is 5.19. The van der Waals surface area contributed by atoms with E-state index in [1.165, 1.54) is 12.1 Å². The summed E-state index contributed by atoms with van der Waals surface area (Å²) in [6, 6.07) is 14.2. The highest BCUT2D eigenvalue weighted by Gasteiger charge is 2.16. The van der Waals surface area contributed by atoms with Gasteiger partial charge < -0.3 is 19.2 Å². The second-order valence-corrected chi connectivity index (χ2v) is 5.19. The van der Waals surface area contributed by atoms with E-state index in [1.807, 2.05) is 0 Å². The molecule has 0 unspecified atom stereocenters. The number of halogens is 1. The molecule has 0 radical (unpaired) electrons. The number of anilines is 1. The van der Waals surface area contributed by atoms with Crippen molar-refractivity contribution in [3.63, 3.8) is 0 Å². The maximum atomic E-state index is 13.0. The van der Waals surface area contributed by atoms with Crippen molar-refractivity contribution in [1.29, 1.82) is 0 Å². The van der Waals surface area contributed by atoms with Crippen LogP contribution in [0.4, 0.5) is 10.1 Å². The van der Waals surface area contributed by atoms with Crippen LogP contribution in [0.5, 0.6) is 11.5 Å². The van der Waals surface area contributed by atoms with E-state index in [2.05, 4.69) is 5.32 Å². The SMILES string of the molecule is O=C(Nc1ccc2c(c1)OCO2)c1ccc(-c2ccc(F)cc2)o1. The lowest BCUT2D eigenvalue weighted by Crippen LogP contribution is -2.10. The summed E-state index contributed by atoms with van der Waals surface area (Å²) < 4.78 is 29.0. The van der Waals surface area contributed by atoms with Crippen molar-refractivity contribution in [3.05, 3.63) is 66.2 Å². The molecule has 1 N–H and O–H groups in total. The van der Waals surface area contributed by atoms with Gasteiger partial charge in [0.2, 0.25) is 6.79 Å². The smallest absolute Gasteiger partial charge is 0.291 e. The van der Waals surface area contributed by atoms with E-state index in [0.717, 1.165) is 0 Å². The molecule has 5 nitrogen and oxygen atoms in total. The number of carbonyl (C=O) groups is 1. The minimum atomic E-state index is -0.387. The highest BCUT2D eigenvalue weighted by atomic mass is 19.1. The number of hydrogen-bond donors (Lipinski definition) is 1. The summed E-state index contributed by atoms with van der Waals surface area (Å²) in [5, 5.41) is 2.73. The fraction of sp³-hybridized carbons (Fsp3) is 0.0556. The molecule has 0 atom stereocenters. The third kappa shape index (κ3) is 2.69. The number of furan rings is 1. The summed E-state index contributed by atoms with van der Waals surface area (Å²) in [5.74, 6) is 1.16. The number of carbonyl (C=O) groups excluding carboxylic acids is 1. The Morgan fingerprint density at radius 1 is 0.958 bits per heavy atom. The Hall–Kier alpha value is -3.28. The van der Waals surface area contributed by atoms with Gasteiger partial charge in [0.15, 0.2) is 17.3 Å². The van der Waals surface area contributed by atoms with Crippen molar-refractivity contribution >= 4 is 11.6 Å². The third-order valence-electron chi connectivity index (χ3n) is 3.59. The summed E-state index contributed by atoms with van der Waals surface area (Å²) >= 11 is 0. The van der Waals surface area contributed by atoms with Crippen molar-refractivity contribution < 1.29 is 23.1 Å². The van der Waals surface area contributed by atoms with E-state index < -0.39 is 0 Å². The van der Waals surface area contributed by atoms with Gasteiger partial charge in [0.1, 0.15) is 11.6 Å². The van der Waals surface area contributed by atoms with E-state index in [9.17, 15) is 9.18 Å². The van der Waals surface area contributed by atoms with Crippen LogP contribution < -0.4 is 14.8 Å². The van der Waals surface area contributed by atoms with Crippen molar-refractivity contribution in [2.24, 2.45) is 0 Å². The molecule has 120 valence electrons. The van der Waals surface area contributed by atoms with Crippen LogP contribution in [0.1, 0.15) is 10.6 Å². The molecule has 2 heterocycles. The number of amides is 1. The molecule has 0 saturated carbocycles. The Morgan fingerprint density at radius 2 is 1.75 bits per heavy atom. The molecule has 1 amide bonds. The molecule has 6 heteroatoms. The van der Waals surface area contributed by atoms with Crippen molar-refractivity contribution in [2.45, 2.75) is 0 Å². The van der Waals surface area contributed by atoms with Crippen LogP contribution >= 0.6 is 0 Å². The minimum absolute atomic E-state index is 0.159. The van der Waals surface area contributed by atoms with Gasteiger partial charge in [-0.15, -0.1) is 0 Å². The summed E-state index contributed by atoms with van der Waals surface area (Å²) in [6.07, 6.45) is 0. The summed E-state index contributed by atoms with van der Waals surface area (Å²) in [6.45, 7) is 0.173.